The van der Waals surface area contributed by atoms with E-state index in [2.05, 4.69) is 10.6 Å². The number of fused-ring (bicyclic) bond motifs is 1. The monoisotopic (exact) mass is 435 g/mol. The molecule has 4 amide bonds. The predicted octanol–water partition coefficient (Wildman–Crippen LogP) is 0.955. The number of rotatable bonds is 6. The Morgan fingerprint density at radius 3 is 2.56 bits per heavy atom. The summed E-state index contributed by atoms with van der Waals surface area (Å²) in [6.45, 7) is 0.355. The zero-order valence-corrected chi connectivity index (χ0v) is 17.3. The maximum absolute atomic E-state index is 12.7. The molecule has 2 aromatic carbocycles. The van der Waals surface area contributed by atoms with Gasteiger partial charge in [0, 0.05) is 30.6 Å². The first-order valence-electron chi connectivity index (χ1n) is 10.1. The molecule has 2 N–H and O–H groups in total. The van der Waals surface area contributed by atoms with Crippen LogP contribution in [0.25, 0.3) is 0 Å². The van der Waals surface area contributed by atoms with Gasteiger partial charge in [0.15, 0.2) is 0 Å². The number of Topliss-reactive ketones (excluding diaryl/α,β-unsaturated/α-hetero) is 1. The summed E-state index contributed by atoms with van der Waals surface area (Å²) in [6, 6.07) is 10.7. The van der Waals surface area contributed by atoms with Crippen molar-refractivity contribution in [2.24, 2.45) is 0 Å². The lowest BCUT2D eigenvalue weighted by Gasteiger charge is -2.29. The molecule has 1 atom stereocenters. The molecule has 4 rings (SSSR count). The molecule has 2 aliphatic rings. The van der Waals surface area contributed by atoms with Gasteiger partial charge in [-0.15, -0.1) is 0 Å². The molecule has 32 heavy (non-hydrogen) atoms. The number of methoxy groups -OCH3 is 1. The normalized spacial score (nSPS) is 17.6. The van der Waals surface area contributed by atoms with Crippen LogP contribution in [0.15, 0.2) is 42.5 Å². The molecule has 9 heteroatoms. The van der Waals surface area contributed by atoms with Gasteiger partial charge >= 0.3 is 0 Å². The fraction of sp³-hybridized carbons (Fsp3) is 0.261. The Balaban J connectivity index is 1.39. The molecule has 1 unspecified atom stereocenters. The maximum atomic E-state index is 12.7. The summed E-state index contributed by atoms with van der Waals surface area (Å²) in [5.74, 6) is -1.88. The van der Waals surface area contributed by atoms with E-state index in [9.17, 15) is 24.0 Å². The van der Waals surface area contributed by atoms with Gasteiger partial charge in [-0.05, 0) is 47.9 Å². The molecule has 1 saturated heterocycles. The summed E-state index contributed by atoms with van der Waals surface area (Å²) in [7, 11) is 1.51. The molecule has 0 bridgehead atoms. The highest BCUT2D eigenvalue weighted by molar-refractivity contribution is 6.42. The molecule has 0 spiro atoms. The number of benzene rings is 2. The maximum Gasteiger partial charge on any atom is 0.292 e. The first-order valence-corrected chi connectivity index (χ1v) is 10.1. The Bertz CT molecular complexity index is 1130. The van der Waals surface area contributed by atoms with E-state index < -0.39 is 23.6 Å². The van der Waals surface area contributed by atoms with Gasteiger partial charge in [-0.3, -0.25) is 29.3 Å². The molecule has 0 aromatic heterocycles. The topological polar surface area (TPSA) is 122 Å². The van der Waals surface area contributed by atoms with Crippen LogP contribution in [-0.2, 0) is 27.5 Å². The fourth-order valence-corrected chi connectivity index (χ4v) is 3.87. The van der Waals surface area contributed by atoms with Crippen LogP contribution in [0, 0.1) is 0 Å². The average molecular weight is 435 g/mol. The minimum Gasteiger partial charge on any atom is -0.497 e. The van der Waals surface area contributed by atoms with Gasteiger partial charge in [-0.2, -0.15) is 0 Å². The van der Waals surface area contributed by atoms with Gasteiger partial charge in [-0.1, -0.05) is 12.1 Å². The second-order valence-electron chi connectivity index (χ2n) is 7.63. The van der Waals surface area contributed by atoms with Crippen LogP contribution in [0.1, 0.15) is 44.7 Å². The van der Waals surface area contributed by atoms with Gasteiger partial charge in [0.25, 0.3) is 11.8 Å². The van der Waals surface area contributed by atoms with Crippen molar-refractivity contribution in [3.05, 3.63) is 64.7 Å². The molecule has 0 aliphatic carbocycles. The zero-order valence-electron chi connectivity index (χ0n) is 17.3. The number of hydrogen-bond acceptors (Lipinski definition) is 6. The number of nitrogens with zero attached hydrogens (tertiary/aromatic N) is 1. The second-order valence-corrected chi connectivity index (χ2v) is 7.63. The average Bonchev–Trinajstić information content (AvgIpc) is 3.12. The number of ketones is 1. The molecule has 9 nitrogen and oxygen atoms in total. The number of ether oxygens (including phenoxy) is 1. The first kappa shape index (κ1) is 21.2. The Hall–Kier alpha value is -4.01. The van der Waals surface area contributed by atoms with E-state index in [1.54, 1.807) is 30.3 Å². The largest absolute Gasteiger partial charge is 0.497 e. The number of amides is 4. The second kappa shape index (κ2) is 8.62. The summed E-state index contributed by atoms with van der Waals surface area (Å²) in [5.41, 5.74) is 2.19. The SMILES string of the molecule is COc1ccc(C(=O)C(=O)NCc2ccc3c(c2)CN(C2CCC(=O)NC2=O)C3=O)cc1. The predicted molar refractivity (Wildman–Crippen MR) is 112 cm³/mol. The van der Waals surface area contributed by atoms with Crippen molar-refractivity contribution in [2.45, 2.75) is 32.0 Å². The summed E-state index contributed by atoms with van der Waals surface area (Å²) in [5, 5.41) is 4.86. The molecular weight excluding hydrogens is 414 g/mol. The molecule has 1 fully saturated rings. The lowest BCUT2D eigenvalue weighted by atomic mass is 10.0. The Morgan fingerprint density at radius 1 is 1.12 bits per heavy atom. The highest BCUT2D eigenvalue weighted by Crippen LogP contribution is 2.28. The minimum absolute atomic E-state index is 0.112. The third-order valence-corrected chi connectivity index (χ3v) is 5.60. The number of carbonyl (C=O) groups excluding carboxylic acids is 5. The van der Waals surface area contributed by atoms with E-state index in [1.165, 1.54) is 24.1 Å². The number of hydrogen-bond donors (Lipinski definition) is 2. The molecule has 2 aromatic rings. The van der Waals surface area contributed by atoms with E-state index >= 15 is 0 Å². The number of carbonyl (C=O) groups is 5. The Morgan fingerprint density at radius 2 is 1.88 bits per heavy atom. The van der Waals surface area contributed by atoms with Crippen LogP contribution < -0.4 is 15.4 Å². The number of nitrogens with one attached hydrogen (secondary N) is 2. The molecule has 2 heterocycles. The summed E-state index contributed by atoms with van der Waals surface area (Å²) >= 11 is 0. The highest BCUT2D eigenvalue weighted by atomic mass is 16.5. The molecule has 0 saturated carbocycles. The highest BCUT2D eigenvalue weighted by Gasteiger charge is 2.39. The van der Waals surface area contributed by atoms with Crippen molar-refractivity contribution < 1.29 is 28.7 Å². The smallest absolute Gasteiger partial charge is 0.292 e. The van der Waals surface area contributed by atoms with Crippen LogP contribution in [0.3, 0.4) is 0 Å². The van der Waals surface area contributed by atoms with E-state index in [0.29, 0.717) is 17.7 Å². The van der Waals surface area contributed by atoms with Crippen LogP contribution in [0.5, 0.6) is 5.75 Å². The van der Waals surface area contributed by atoms with Crippen molar-refractivity contribution in [1.29, 1.82) is 0 Å². The fourth-order valence-electron chi connectivity index (χ4n) is 3.87. The first-order chi connectivity index (χ1) is 15.4. The van der Waals surface area contributed by atoms with E-state index in [-0.39, 0.29) is 36.9 Å². The lowest BCUT2D eigenvalue weighted by molar-refractivity contribution is -0.137. The van der Waals surface area contributed by atoms with Crippen LogP contribution in [-0.4, -0.2) is 47.5 Å². The van der Waals surface area contributed by atoms with Crippen molar-refractivity contribution in [2.75, 3.05) is 7.11 Å². The van der Waals surface area contributed by atoms with Crippen molar-refractivity contribution in [3.8, 4) is 5.75 Å². The number of piperidine rings is 1. The quantitative estimate of drug-likeness (QED) is 0.396. The third-order valence-electron chi connectivity index (χ3n) is 5.60. The van der Waals surface area contributed by atoms with Crippen molar-refractivity contribution >= 4 is 29.4 Å². The van der Waals surface area contributed by atoms with Crippen molar-refractivity contribution in [3.63, 3.8) is 0 Å². The van der Waals surface area contributed by atoms with Gasteiger partial charge in [0.2, 0.25) is 17.6 Å². The molecule has 0 radical (unpaired) electrons. The van der Waals surface area contributed by atoms with Crippen LogP contribution >= 0.6 is 0 Å². The molecular formula is C23H21N3O6. The Labute approximate surface area is 183 Å². The van der Waals surface area contributed by atoms with E-state index in [0.717, 1.165) is 11.1 Å². The third kappa shape index (κ3) is 4.09. The summed E-state index contributed by atoms with van der Waals surface area (Å²) in [6.07, 6.45) is 0.483. The minimum atomic E-state index is -0.739. The summed E-state index contributed by atoms with van der Waals surface area (Å²) in [4.78, 5) is 62.3. The van der Waals surface area contributed by atoms with Gasteiger partial charge in [0.05, 0.1) is 7.11 Å². The molecule has 164 valence electrons. The van der Waals surface area contributed by atoms with Gasteiger partial charge in [-0.25, -0.2) is 0 Å². The number of imide groups is 1. The van der Waals surface area contributed by atoms with E-state index in [4.69, 9.17) is 4.74 Å². The van der Waals surface area contributed by atoms with Crippen LogP contribution in [0.2, 0.25) is 0 Å². The van der Waals surface area contributed by atoms with Gasteiger partial charge in [0.1, 0.15) is 11.8 Å². The van der Waals surface area contributed by atoms with Gasteiger partial charge < -0.3 is 15.0 Å². The standard InChI is InChI=1S/C23H21N3O6/c1-32-16-5-3-14(4-6-16)20(28)22(30)24-11-13-2-7-17-15(10-13)12-26(23(17)31)18-8-9-19(27)25-21(18)29/h2-7,10,18H,8-9,11-12H2,1H3,(H,24,30)(H,25,27,29). The lowest BCUT2D eigenvalue weighted by Crippen LogP contribution is -2.52. The van der Waals surface area contributed by atoms with Crippen LogP contribution in [0.4, 0.5) is 0 Å². The molecule has 2 aliphatic heterocycles. The van der Waals surface area contributed by atoms with E-state index in [1.807, 2.05) is 0 Å². The van der Waals surface area contributed by atoms with Crippen molar-refractivity contribution in [1.82, 2.24) is 15.5 Å². The summed E-state index contributed by atoms with van der Waals surface area (Å²) < 4.78 is 5.04. The Kier molecular flexibility index (Phi) is 5.72. The zero-order chi connectivity index (χ0) is 22.8.